The van der Waals surface area contributed by atoms with Gasteiger partial charge in [-0.2, -0.15) is 0 Å². The second-order valence-electron chi connectivity index (χ2n) is 7.87. The van der Waals surface area contributed by atoms with Crippen LogP contribution in [0.5, 0.6) is 0 Å². The monoisotopic (exact) mass is 419 g/mol. The van der Waals surface area contributed by atoms with Crippen molar-refractivity contribution in [2.24, 2.45) is 4.99 Å². The van der Waals surface area contributed by atoms with Gasteiger partial charge in [-0.3, -0.25) is 14.6 Å². The lowest BCUT2D eigenvalue weighted by molar-refractivity contribution is -0.118. The van der Waals surface area contributed by atoms with Gasteiger partial charge in [0.2, 0.25) is 11.8 Å². The van der Waals surface area contributed by atoms with Crippen LogP contribution in [0.2, 0.25) is 0 Å². The van der Waals surface area contributed by atoms with E-state index < -0.39 is 0 Å². The summed E-state index contributed by atoms with van der Waals surface area (Å²) in [6.07, 6.45) is 3.55. The molecular weight excluding hydrogens is 390 g/mol. The minimum absolute atomic E-state index is 0.0368. The highest BCUT2D eigenvalue weighted by molar-refractivity contribution is 5.98. The normalized spacial score (nSPS) is 16.3. The van der Waals surface area contributed by atoms with Crippen LogP contribution >= 0.6 is 0 Å². The number of aliphatic imine (C=N–C) groups is 1. The van der Waals surface area contributed by atoms with Gasteiger partial charge in [0.1, 0.15) is 0 Å². The standard InChI is InChI=1S/C24H29N5O2/c1-25-24(26-16-18-10-12-20(13-11-18)28-14-5-9-22(28)30)27-17-23(31)29-15-4-7-19-6-2-3-8-21(19)29/h2-3,6,8,10-13H,4-5,7,9,14-17H2,1H3,(H2,25,26,27). The summed E-state index contributed by atoms with van der Waals surface area (Å²) in [5.41, 5.74) is 4.26. The Morgan fingerprint density at radius 1 is 1.00 bits per heavy atom. The van der Waals surface area contributed by atoms with E-state index in [1.165, 1.54) is 5.56 Å². The predicted octanol–water partition coefficient (Wildman–Crippen LogP) is 2.46. The van der Waals surface area contributed by atoms with Gasteiger partial charge in [-0.15, -0.1) is 0 Å². The molecule has 2 N–H and O–H groups in total. The van der Waals surface area contributed by atoms with Crippen molar-refractivity contribution in [3.8, 4) is 0 Å². The van der Waals surface area contributed by atoms with Crippen LogP contribution in [-0.2, 0) is 22.6 Å². The fourth-order valence-electron chi connectivity index (χ4n) is 4.17. The Labute approximate surface area is 183 Å². The molecule has 7 heteroatoms. The molecule has 2 amide bonds. The van der Waals surface area contributed by atoms with Crippen LogP contribution in [0.25, 0.3) is 0 Å². The minimum atomic E-state index is 0.0368. The molecule has 4 rings (SSSR count). The van der Waals surface area contributed by atoms with Gasteiger partial charge in [-0.1, -0.05) is 30.3 Å². The van der Waals surface area contributed by atoms with E-state index in [9.17, 15) is 9.59 Å². The maximum absolute atomic E-state index is 12.8. The summed E-state index contributed by atoms with van der Waals surface area (Å²) in [4.78, 5) is 32.6. The molecule has 31 heavy (non-hydrogen) atoms. The molecule has 0 aromatic heterocycles. The number of carbonyl (C=O) groups is 2. The van der Waals surface area contributed by atoms with Crippen molar-refractivity contribution in [3.05, 3.63) is 59.7 Å². The highest BCUT2D eigenvalue weighted by Gasteiger charge is 2.22. The van der Waals surface area contributed by atoms with Crippen molar-refractivity contribution in [3.63, 3.8) is 0 Å². The number of fused-ring (bicyclic) bond motifs is 1. The van der Waals surface area contributed by atoms with Gasteiger partial charge in [0.25, 0.3) is 0 Å². The number of benzene rings is 2. The van der Waals surface area contributed by atoms with E-state index in [0.29, 0.717) is 18.9 Å². The van der Waals surface area contributed by atoms with Crippen molar-refractivity contribution >= 4 is 29.1 Å². The molecule has 1 saturated heterocycles. The highest BCUT2D eigenvalue weighted by atomic mass is 16.2. The first kappa shape index (κ1) is 20.9. The molecular formula is C24H29N5O2. The first-order valence-corrected chi connectivity index (χ1v) is 10.9. The summed E-state index contributed by atoms with van der Waals surface area (Å²) < 4.78 is 0. The van der Waals surface area contributed by atoms with E-state index >= 15 is 0 Å². The molecule has 0 bridgehead atoms. The molecule has 0 unspecified atom stereocenters. The van der Waals surface area contributed by atoms with Gasteiger partial charge in [0.15, 0.2) is 5.96 Å². The smallest absolute Gasteiger partial charge is 0.246 e. The average molecular weight is 420 g/mol. The van der Waals surface area contributed by atoms with Gasteiger partial charge in [0, 0.05) is 44.5 Å². The molecule has 0 radical (unpaired) electrons. The molecule has 0 atom stereocenters. The summed E-state index contributed by atoms with van der Waals surface area (Å²) in [7, 11) is 1.69. The Morgan fingerprint density at radius 2 is 1.77 bits per heavy atom. The van der Waals surface area contributed by atoms with E-state index in [2.05, 4.69) is 21.7 Å². The van der Waals surface area contributed by atoms with Crippen LogP contribution in [0.3, 0.4) is 0 Å². The fraction of sp³-hybridized carbons (Fsp3) is 0.375. The Bertz CT molecular complexity index is 970. The number of aryl methyl sites for hydroxylation is 1. The number of para-hydroxylation sites is 1. The number of anilines is 2. The lowest BCUT2D eigenvalue weighted by Crippen LogP contribution is -2.45. The molecule has 2 aliphatic rings. The summed E-state index contributed by atoms with van der Waals surface area (Å²) in [5.74, 6) is 0.809. The summed E-state index contributed by atoms with van der Waals surface area (Å²) in [5, 5.41) is 6.37. The quantitative estimate of drug-likeness (QED) is 0.577. The van der Waals surface area contributed by atoms with E-state index in [1.807, 2.05) is 52.3 Å². The molecule has 0 aliphatic carbocycles. The van der Waals surface area contributed by atoms with Gasteiger partial charge >= 0.3 is 0 Å². The molecule has 7 nitrogen and oxygen atoms in total. The van der Waals surface area contributed by atoms with Crippen molar-refractivity contribution < 1.29 is 9.59 Å². The van der Waals surface area contributed by atoms with Crippen LogP contribution in [-0.4, -0.2) is 44.5 Å². The first-order chi connectivity index (χ1) is 15.2. The van der Waals surface area contributed by atoms with Gasteiger partial charge in [-0.25, -0.2) is 0 Å². The third-order valence-corrected chi connectivity index (χ3v) is 5.82. The number of amides is 2. The van der Waals surface area contributed by atoms with Crippen LogP contribution in [0.15, 0.2) is 53.5 Å². The number of nitrogens with zero attached hydrogens (tertiary/aromatic N) is 3. The summed E-state index contributed by atoms with van der Waals surface area (Å²) in [6, 6.07) is 16.1. The largest absolute Gasteiger partial charge is 0.352 e. The molecule has 162 valence electrons. The Balaban J connectivity index is 1.28. The number of hydrogen-bond acceptors (Lipinski definition) is 3. The molecule has 2 aliphatic heterocycles. The molecule has 2 aromatic rings. The van der Waals surface area contributed by atoms with Crippen molar-refractivity contribution in [1.82, 2.24) is 10.6 Å². The SMILES string of the molecule is CN=C(NCC(=O)N1CCCc2ccccc21)NCc1ccc(N2CCCC2=O)cc1. The zero-order valence-electron chi connectivity index (χ0n) is 17.9. The summed E-state index contributed by atoms with van der Waals surface area (Å²) >= 11 is 0. The maximum atomic E-state index is 12.8. The van der Waals surface area contributed by atoms with Gasteiger partial charge < -0.3 is 20.4 Å². The molecule has 0 saturated carbocycles. The Morgan fingerprint density at radius 3 is 2.52 bits per heavy atom. The van der Waals surface area contributed by atoms with Crippen molar-refractivity contribution in [1.29, 1.82) is 0 Å². The number of nitrogens with one attached hydrogen (secondary N) is 2. The van der Waals surface area contributed by atoms with E-state index in [4.69, 9.17) is 0 Å². The number of rotatable bonds is 5. The zero-order valence-corrected chi connectivity index (χ0v) is 17.9. The zero-order chi connectivity index (χ0) is 21.6. The first-order valence-electron chi connectivity index (χ1n) is 10.9. The molecule has 2 heterocycles. The fourth-order valence-corrected chi connectivity index (χ4v) is 4.17. The molecule has 1 fully saturated rings. The predicted molar refractivity (Wildman–Crippen MR) is 123 cm³/mol. The second-order valence-corrected chi connectivity index (χ2v) is 7.87. The number of carbonyl (C=O) groups excluding carboxylic acids is 2. The van der Waals surface area contributed by atoms with Crippen LogP contribution < -0.4 is 20.4 Å². The number of guanidine groups is 1. The van der Waals surface area contributed by atoms with Crippen LogP contribution in [0, 0.1) is 0 Å². The van der Waals surface area contributed by atoms with Crippen molar-refractivity contribution in [2.75, 3.05) is 36.5 Å². The van der Waals surface area contributed by atoms with E-state index in [0.717, 1.165) is 49.3 Å². The third kappa shape index (κ3) is 4.87. The van der Waals surface area contributed by atoms with Gasteiger partial charge in [0.05, 0.1) is 6.54 Å². The molecule has 2 aromatic carbocycles. The highest BCUT2D eigenvalue weighted by Crippen LogP contribution is 2.26. The van der Waals surface area contributed by atoms with Crippen LogP contribution in [0.4, 0.5) is 11.4 Å². The summed E-state index contributed by atoms with van der Waals surface area (Å²) in [6.45, 7) is 2.30. The Hall–Kier alpha value is -3.35. The second kappa shape index (κ2) is 9.64. The van der Waals surface area contributed by atoms with Gasteiger partial charge in [-0.05, 0) is 48.6 Å². The minimum Gasteiger partial charge on any atom is -0.352 e. The topological polar surface area (TPSA) is 77.0 Å². The maximum Gasteiger partial charge on any atom is 0.246 e. The molecule has 0 spiro atoms. The average Bonchev–Trinajstić information content (AvgIpc) is 3.24. The third-order valence-electron chi connectivity index (χ3n) is 5.82. The van der Waals surface area contributed by atoms with Crippen molar-refractivity contribution in [2.45, 2.75) is 32.2 Å². The lowest BCUT2D eigenvalue weighted by atomic mass is 10.0. The lowest BCUT2D eigenvalue weighted by Gasteiger charge is -2.29. The number of hydrogen-bond donors (Lipinski definition) is 2. The van der Waals surface area contributed by atoms with Crippen LogP contribution in [0.1, 0.15) is 30.4 Å². The Kier molecular flexibility index (Phi) is 6.50. The van der Waals surface area contributed by atoms with E-state index in [-0.39, 0.29) is 18.4 Å². The van der Waals surface area contributed by atoms with E-state index in [1.54, 1.807) is 7.05 Å².